The fraction of sp³-hybridized carbons (Fsp3) is 0.400. The third-order valence-corrected chi connectivity index (χ3v) is 5.68. The summed E-state index contributed by atoms with van der Waals surface area (Å²) in [7, 11) is 0. The van der Waals surface area contributed by atoms with E-state index in [1.807, 2.05) is 12.1 Å². The molecule has 0 N–H and O–H groups in total. The Kier molecular flexibility index (Phi) is 5.40. The summed E-state index contributed by atoms with van der Waals surface area (Å²) >= 11 is 10.5. The highest BCUT2D eigenvalue weighted by molar-refractivity contribution is 9.10. The average Bonchev–Trinajstić information content (AvgIpc) is 2.33. The monoisotopic (exact) mass is 413 g/mol. The topological polar surface area (TPSA) is 43.1 Å². The highest BCUT2D eigenvalue weighted by atomic mass is 79.9. The number of nitro benzene ring substituents is 1. The summed E-state index contributed by atoms with van der Waals surface area (Å²) in [4.78, 5) is 10.2. The van der Waals surface area contributed by atoms with Gasteiger partial charge >= 0.3 is 0 Å². The smallest absolute Gasteiger partial charge is 0.258 e. The van der Waals surface area contributed by atoms with Crippen LogP contribution in [0.3, 0.4) is 0 Å². The molecule has 1 aromatic carbocycles. The number of non-ortho nitro benzene ring substituents is 1. The van der Waals surface area contributed by atoms with E-state index in [4.69, 9.17) is 0 Å². The molecule has 0 saturated carbocycles. The van der Waals surface area contributed by atoms with Gasteiger partial charge in [0.15, 0.2) is 0 Å². The van der Waals surface area contributed by atoms with Crippen LogP contribution in [0, 0.1) is 10.1 Å². The first kappa shape index (κ1) is 14.1. The van der Waals surface area contributed by atoms with Gasteiger partial charge < -0.3 is 0 Å². The Morgan fingerprint density at radius 2 is 1.50 bits per heavy atom. The molecule has 1 rings (SSSR count). The maximum atomic E-state index is 10.5. The van der Waals surface area contributed by atoms with Crippen molar-refractivity contribution in [2.24, 2.45) is 0 Å². The Morgan fingerprint density at radius 1 is 1.06 bits per heavy atom. The van der Waals surface area contributed by atoms with Gasteiger partial charge in [-0.2, -0.15) is 0 Å². The molecule has 0 aliphatic heterocycles. The van der Waals surface area contributed by atoms with Crippen LogP contribution < -0.4 is 0 Å². The first-order valence-electron chi connectivity index (χ1n) is 4.52. The lowest BCUT2D eigenvalue weighted by Gasteiger charge is -2.28. The molecule has 0 unspecified atom stereocenters. The van der Waals surface area contributed by atoms with Crippen LogP contribution in [-0.2, 0) is 5.41 Å². The van der Waals surface area contributed by atoms with Crippen molar-refractivity contribution in [1.82, 2.24) is 0 Å². The van der Waals surface area contributed by atoms with Crippen molar-refractivity contribution in [3.8, 4) is 0 Å². The lowest BCUT2D eigenvalue weighted by Crippen LogP contribution is -2.31. The van der Waals surface area contributed by atoms with Crippen molar-refractivity contribution in [2.75, 3.05) is 16.0 Å². The molecule has 3 nitrogen and oxygen atoms in total. The predicted octanol–water partition coefficient (Wildman–Crippen LogP) is 4.02. The third-order valence-electron chi connectivity index (χ3n) is 2.46. The Labute approximate surface area is 119 Å². The minimum atomic E-state index is -0.387. The molecule has 0 fully saturated rings. The number of alkyl halides is 3. The number of hydrogen-bond donors (Lipinski definition) is 0. The minimum Gasteiger partial charge on any atom is -0.258 e. The molecular formula is C10H10Br3NO2. The molecule has 88 valence electrons. The molecule has 0 bridgehead atoms. The van der Waals surface area contributed by atoms with E-state index in [1.165, 1.54) is 12.1 Å². The molecule has 0 atom stereocenters. The highest BCUT2D eigenvalue weighted by Crippen LogP contribution is 2.31. The fourth-order valence-electron chi connectivity index (χ4n) is 1.28. The van der Waals surface area contributed by atoms with Crippen LogP contribution in [0.2, 0.25) is 0 Å². The standard InChI is InChI=1S/C10H10Br3NO2/c11-5-10(6-12,7-13)8-1-3-9(4-2-8)14(15)16/h1-4H,5-7H2. The summed E-state index contributed by atoms with van der Waals surface area (Å²) in [6.45, 7) is 0. The van der Waals surface area contributed by atoms with Crippen LogP contribution in [0.25, 0.3) is 0 Å². The average molecular weight is 416 g/mol. The molecular weight excluding hydrogens is 406 g/mol. The fourth-order valence-corrected chi connectivity index (χ4v) is 5.03. The molecule has 0 spiro atoms. The van der Waals surface area contributed by atoms with Crippen LogP contribution >= 0.6 is 47.8 Å². The molecule has 1 aromatic rings. The minimum absolute atomic E-state index is 0.0743. The Balaban J connectivity index is 3.08. The van der Waals surface area contributed by atoms with Gasteiger partial charge in [-0.05, 0) is 5.56 Å². The van der Waals surface area contributed by atoms with Gasteiger partial charge in [0.05, 0.1) is 4.92 Å². The molecule has 0 heterocycles. The van der Waals surface area contributed by atoms with E-state index in [0.29, 0.717) is 0 Å². The van der Waals surface area contributed by atoms with Gasteiger partial charge in [0.1, 0.15) is 0 Å². The Hall–Kier alpha value is 0.0600. The van der Waals surface area contributed by atoms with Crippen molar-refractivity contribution < 1.29 is 4.92 Å². The zero-order valence-electron chi connectivity index (χ0n) is 8.33. The second-order valence-electron chi connectivity index (χ2n) is 3.49. The van der Waals surface area contributed by atoms with Crippen LogP contribution in [0.4, 0.5) is 5.69 Å². The third kappa shape index (κ3) is 2.84. The van der Waals surface area contributed by atoms with Crippen LogP contribution in [-0.4, -0.2) is 20.9 Å². The number of rotatable bonds is 5. The van der Waals surface area contributed by atoms with E-state index < -0.39 is 0 Å². The molecule has 16 heavy (non-hydrogen) atoms. The molecule has 6 heteroatoms. The SMILES string of the molecule is O=[N+]([O-])c1ccc(C(CBr)(CBr)CBr)cc1. The summed E-state index contributed by atoms with van der Waals surface area (Å²) in [6.07, 6.45) is 0. The first-order valence-corrected chi connectivity index (χ1v) is 7.89. The van der Waals surface area contributed by atoms with Crippen molar-refractivity contribution in [3.63, 3.8) is 0 Å². The number of benzene rings is 1. The number of hydrogen-bond acceptors (Lipinski definition) is 2. The van der Waals surface area contributed by atoms with Gasteiger partial charge in [-0.25, -0.2) is 0 Å². The Bertz CT molecular complexity index is 355. The van der Waals surface area contributed by atoms with E-state index in [-0.39, 0.29) is 16.0 Å². The van der Waals surface area contributed by atoms with Crippen LogP contribution in [0.5, 0.6) is 0 Å². The van der Waals surface area contributed by atoms with Crippen molar-refractivity contribution in [2.45, 2.75) is 5.41 Å². The first-order chi connectivity index (χ1) is 7.59. The molecule has 0 saturated heterocycles. The number of halogens is 3. The summed E-state index contributed by atoms with van der Waals surface area (Å²) in [5.74, 6) is 0. The van der Waals surface area contributed by atoms with Gasteiger partial charge in [-0.3, -0.25) is 10.1 Å². The van der Waals surface area contributed by atoms with Crippen molar-refractivity contribution in [3.05, 3.63) is 39.9 Å². The zero-order valence-corrected chi connectivity index (χ0v) is 13.1. The quantitative estimate of drug-likeness (QED) is 0.414. The summed E-state index contributed by atoms with van der Waals surface area (Å²) in [5.41, 5.74) is 1.12. The van der Waals surface area contributed by atoms with E-state index >= 15 is 0 Å². The van der Waals surface area contributed by atoms with Gasteiger partial charge in [-0.15, -0.1) is 0 Å². The van der Waals surface area contributed by atoms with E-state index in [2.05, 4.69) is 47.8 Å². The Morgan fingerprint density at radius 3 is 1.81 bits per heavy atom. The van der Waals surface area contributed by atoms with Gasteiger partial charge in [0.25, 0.3) is 5.69 Å². The summed E-state index contributed by atoms with van der Waals surface area (Å²) in [6, 6.07) is 6.69. The maximum Gasteiger partial charge on any atom is 0.269 e. The normalized spacial score (nSPS) is 11.4. The van der Waals surface area contributed by atoms with Gasteiger partial charge in [0, 0.05) is 33.5 Å². The largest absolute Gasteiger partial charge is 0.269 e. The molecule has 0 radical (unpaired) electrons. The molecule has 0 aliphatic rings. The highest BCUT2D eigenvalue weighted by Gasteiger charge is 2.29. The number of nitrogens with zero attached hydrogens (tertiary/aromatic N) is 1. The van der Waals surface area contributed by atoms with Gasteiger partial charge in [0.2, 0.25) is 0 Å². The number of nitro groups is 1. The molecule has 0 aliphatic carbocycles. The zero-order chi connectivity index (χ0) is 12.2. The van der Waals surface area contributed by atoms with Gasteiger partial charge in [-0.1, -0.05) is 59.9 Å². The van der Waals surface area contributed by atoms with E-state index in [0.717, 1.165) is 21.6 Å². The predicted molar refractivity (Wildman–Crippen MR) is 76.2 cm³/mol. The summed E-state index contributed by atoms with van der Waals surface area (Å²) in [5, 5.41) is 12.9. The summed E-state index contributed by atoms with van der Waals surface area (Å²) < 4.78 is 0. The lowest BCUT2D eigenvalue weighted by atomic mass is 9.87. The molecule has 0 amide bonds. The molecule has 0 aromatic heterocycles. The van der Waals surface area contributed by atoms with Crippen molar-refractivity contribution in [1.29, 1.82) is 0 Å². The second kappa shape index (κ2) is 6.12. The lowest BCUT2D eigenvalue weighted by molar-refractivity contribution is -0.384. The van der Waals surface area contributed by atoms with E-state index in [1.54, 1.807) is 0 Å². The van der Waals surface area contributed by atoms with E-state index in [9.17, 15) is 10.1 Å². The van der Waals surface area contributed by atoms with Crippen LogP contribution in [0.1, 0.15) is 5.56 Å². The maximum absolute atomic E-state index is 10.5. The van der Waals surface area contributed by atoms with Crippen molar-refractivity contribution >= 4 is 53.5 Å². The van der Waals surface area contributed by atoms with Crippen LogP contribution in [0.15, 0.2) is 24.3 Å². The second-order valence-corrected chi connectivity index (χ2v) is 5.17.